The van der Waals surface area contributed by atoms with E-state index in [1.807, 2.05) is 23.1 Å². The molecule has 1 aliphatic heterocycles. The van der Waals surface area contributed by atoms with Crippen molar-refractivity contribution in [1.29, 1.82) is 0 Å². The molecule has 2 heterocycles. The third-order valence-corrected chi connectivity index (χ3v) is 5.92. The van der Waals surface area contributed by atoms with Crippen LogP contribution in [0.25, 0.3) is 10.9 Å². The van der Waals surface area contributed by atoms with Crippen LogP contribution in [0.4, 0.5) is 0 Å². The average Bonchev–Trinajstić information content (AvgIpc) is 2.94. The van der Waals surface area contributed by atoms with Crippen molar-refractivity contribution < 1.29 is 9.59 Å². The molecule has 144 valence electrons. The molecule has 5 heteroatoms. The third-order valence-electron chi connectivity index (χ3n) is 5.92. The van der Waals surface area contributed by atoms with Gasteiger partial charge in [0.25, 0.3) is 5.91 Å². The summed E-state index contributed by atoms with van der Waals surface area (Å²) in [5.41, 5.74) is 4.60. The monoisotopic (exact) mass is 367 g/mol. The zero-order valence-corrected chi connectivity index (χ0v) is 16.0. The number of aromatic amines is 1. The van der Waals surface area contributed by atoms with Gasteiger partial charge in [0.05, 0.1) is 0 Å². The number of likely N-dealkylation sites (tertiary alicyclic amines) is 1. The van der Waals surface area contributed by atoms with Gasteiger partial charge in [-0.2, -0.15) is 0 Å². The van der Waals surface area contributed by atoms with Gasteiger partial charge in [-0.1, -0.05) is 6.42 Å². The van der Waals surface area contributed by atoms with Gasteiger partial charge >= 0.3 is 0 Å². The molecule has 5 nitrogen and oxygen atoms in total. The second kappa shape index (κ2) is 8.15. The molecule has 0 saturated carbocycles. The van der Waals surface area contributed by atoms with Gasteiger partial charge in [-0.3, -0.25) is 9.59 Å². The maximum Gasteiger partial charge on any atom is 0.251 e. The number of aryl methyl sites for hydroxylation is 2. The van der Waals surface area contributed by atoms with Crippen molar-refractivity contribution in [2.75, 3.05) is 19.6 Å². The van der Waals surface area contributed by atoms with Gasteiger partial charge in [0, 0.05) is 48.2 Å². The number of nitrogens with zero attached hydrogens (tertiary/aromatic N) is 1. The van der Waals surface area contributed by atoms with Gasteiger partial charge in [-0.05, 0) is 68.7 Å². The topological polar surface area (TPSA) is 65.2 Å². The third kappa shape index (κ3) is 4.02. The fourth-order valence-corrected chi connectivity index (χ4v) is 4.40. The van der Waals surface area contributed by atoms with Crippen LogP contribution in [0.2, 0.25) is 0 Å². The Kier molecular flexibility index (Phi) is 5.46. The Morgan fingerprint density at radius 3 is 2.85 bits per heavy atom. The first-order valence-corrected chi connectivity index (χ1v) is 10.4. The van der Waals surface area contributed by atoms with Crippen LogP contribution >= 0.6 is 0 Å². The van der Waals surface area contributed by atoms with E-state index in [1.54, 1.807) is 0 Å². The molecule has 1 aromatic heterocycles. The zero-order chi connectivity index (χ0) is 18.6. The molecule has 0 atom stereocenters. The molecule has 4 rings (SSSR count). The summed E-state index contributed by atoms with van der Waals surface area (Å²) in [6, 6.07) is 5.96. The maximum absolute atomic E-state index is 12.5. The molecule has 0 spiro atoms. The fraction of sp³-hybridized carbons (Fsp3) is 0.545. The molecule has 1 fully saturated rings. The Morgan fingerprint density at radius 1 is 1.07 bits per heavy atom. The molecule has 0 bridgehead atoms. The van der Waals surface area contributed by atoms with E-state index in [0.29, 0.717) is 13.0 Å². The Hall–Kier alpha value is -2.30. The van der Waals surface area contributed by atoms with E-state index >= 15 is 0 Å². The largest absolute Gasteiger partial charge is 0.358 e. The number of fused-ring (bicyclic) bond motifs is 3. The SMILES string of the molecule is O=C(NCCCN1CCCCCC1=O)c1ccc2[nH]c3c(c2c1)CCCC3. The molecule has 0 unspecified atom stereocenters. The first kappa shape index (κ1) is 18.1. The first-order valence-electron chi connectivity index (χ1n) is 10.4. The Labute approximate surface area is 160 Å². The van der Waals surface area contributed by atoms with Crippen molar-refractivity contribution in [3.63, 3.8) is 0 Å². The van der Waals surface area contributed by atoms with Crippen LogP contribution in [0.5, 0.6) is 0 Å². The number of benzene rings is 1. The second-order valence-electron chi connectivity index (χ2n) is 7.85. The summed E-state index contributed by atoms with van der Waals surface area (Å²) in [4.78, 5) is 30.0. The van der Waals surface area contributed by atoms with E-state index in [2.05, 4.69) is 10.3 Å². The van der Waals surface area contributed by atoms with E-state index in [9.17, 15) is 9.59 Å². The summed E-state index contributed by atoms with van der Waals surface area (Å²) in [7, 11) is 0. The van der Waals surface area contributed by atoms with Gasteiger partial charge in [0.15, 0.2) is 0 Å². The summed E-state index contributed by atoms with van der Waals surface area (Å²) in [5, 5.41) is 4.22. The van der Waals surface area contributed by atoms with E-state index in [0.717, 1.165) is 62.7 Å². The highest BCUT2D eigenvalue weighted by atomic mass is 16.2. The number of H-pyrrole nitrogens is 1. The number of aromatic nitrogens is 1. The van der Waals surface area contributed by atoms with Gasteiger partial charge < -0.3 is 15.2 Å². The zero-order valence-electron chi connectivity index (χ0n) is 16.0. The van der Waals surface area contributed by atoms with Gasteiger partial charge in [0.1, 0.15) is 0 Å². The standard InChI is InChI=1S/C22H29N3O2/c26-21-9-2-1-5-13-25(21)14-6-12-23-22(27)16-10-11-20-18(15-16)17-7-3-4-8-19(17)24-20/h10-11,15,24H,1-9,12-14H2,(H,23,27). The molecule has 1 aromatic carbocycles. The van der Waals surface area contributed by atoms with Crippen molar-refractivity contribution >= 4 is 22.7 Å². The van der Waals surface area contributed by atoms with Gasteiger partial charge in [0.2, 0.25) is 5.91 Å². The first-order chi connectivity index (χ1) is 13.2. The summed E-state index contributed by atoms with van der Waals surface area (Å²) in [6.07, 6.45) is 9.41. The van der Waals surface area contributed by atoms with E-state index in [1.165, 1.54) is 29.5 Å². The molecule has 2 amide bonds. The van der Waals surface area contributed by atoms with Crippen LogP contribution in [0, 0.1) is 0 Å². The van der Waals surface area contributed by atoms with Crippen LogP contribution in [0.3, 0.4) is 0 Å². The van der Waals surface area contributed by atoms with Crippen LogP contribution in [-0.2, 0) is 17.6 Å². The lowest BCUT2D eigenvalue weighted by molar-refractivity contribution is -0.130. The van der Waals surface area contributed by atoms with Crippen molar-refractivity contribution in [1.82, 2.24) is 15.2 Å². The Balaban J connectivity index is 1.33. The van der Waals surface area contributed by atoms with Crippen LogP contribution < -0.4 is 5.32 Å². The maximum atomic E-state index is 12.5. The highest BCUT2D eigenvalue weighted by Crippen LogP contribution is 2.29. The molecule has 0 radical (unpaired) electrons. The lowest BCUT2D eigenvalue weighted by Crippen LogP contribution is -2.34. The van der Waals surface area contributed by atoms with Crippen LogP contribution in [0.1, 0.15) is 66.6 Å². The Morgan fingerprint density at radius 2 is 1.93 bits per heavy atom. The van der Waals surface area contributed by atoms with Crippen molar-refractivity contribution in [2.45, 2.75) is 57.8 Å². The predicted molar refractivity (Wildman–Crippen MR) is 107 cm³/mol. The van der Waals surface area contributed by atoms with E-state index < -0.39 is 0 Å². The molecule has 2 aliphatic rings. The lowest BCUT2D eigenvalue weighted by atomic mass is 9.95. The number of hydrogen-bond donors (Lipinski definition) is 2. The minimum absolute atomic E-state index is 0.0233. The minimum atomic E-state index is -0.0233. The number of carbonyl (C=O) groups is 2. The summed E-state index contributed by atoms with van der Waals surface area (Å²) >= 11 is 0. The van der Waals surface area contributed by atoms with Crippen LogP contribution in [-0.4, -0.2) is 41.3 Å². The Bertz CT molecular complexity index is 839. The van der Waals surface area contributed by atoms with Gasteiger partial charge in [-0.25, -0.2) is 0 Å². The summed E-state index contributed by atoms with van der Waals surface area (Å²) in [6.45, 7) is 2.21. The number of rotatable bonds is 5. The quantitative estimate of drug-likeness (QED) is 0.794. The molecule has 27 heavy (non-hydrogen) atoms. The summed E-state index contributed by atoms with van der Waals surface area (Å²) in [5.74, 6) is 0.242. The predicted octanol–water partition coefficient (Wildman–Crippen LogP) is 3.57. The van der Waals surface area contributed by atoms with Crippen LogP contribution in [0.15, 0.2) is 18.2 Å². The van der Waals surface area contributed by atoms with Crippen molar-refractivity contribution in [3.05, 3.63) is 35.0 Å². The highest BCUT2D eigenvalue weighted by Gasteiger charge is 2.18. The summed E-state index contributed by atoms with van der Waals surface area (Å²) < 4.78 is 0. The van der Waals surface area contributed by atoms with Crippen molar-refractivity contribution in [3.8, 4) is 0 Å². The molecule has 1 aliphatic carbocycles. The number of hydrogen-bond acceptors (Lipinski definition) is 2. The second-order valence-corrected chi connectivity index (χ2v) is 7.85. The molecule has 2 aromatic rings. The smallest absolute Gasteiger partial charge is 0.251 e. The fourth-order valence-electron chi connectivity index (χ4n) is 4.40. The molecule has 1 saturated heterocycles. The van der Waals surface area contributed by atoms with Gasteiger partial charge in [-0.15, -0.1) is 0 Å². The molecular formula is C22H29N3O2. The normalized spacial score (nSPS) is 17.6. The van der Waals surface area contributed by atoms with Crippen molar-refractivity contribution in [2.24, 2.45) is 0 Å². The highest BCUT2D eigenvalue weighted by molar-refractivity contribution is 5.99. The van der Waals surface area contributed by atoms with E-state index in [4.69, 9.17) is 0 Å². The number of amides is 2. The lowest BCUT2D eigenvalue weighted by Gasteiger charge is -2.20. The number of carbonyl (C=O) groups excluding carboxylic acids is 2. The number of nitrogens with one attached hydrogen (secondary N) is 2. The molecule has 2 N–H and O–H groups in total. The average molecular weight is 367 g/mol. The molecular weight excluding hydrogens is 338 g/mol. The minimum Gasteiger partial charge on any atom is -0.358 e. The van der Waals surface area contributed by atoms with E-state index in [-0.39, 0.29) is 11.8 Å².